The standard InChI is InChI=1S/C10H16N2O7/c1-19-8(15)5-11-10(18)12-6(9(16)17)3-2-4-7(13)14/h6H,2-5H2,1H3,(H,13,14)(H,16,17)(H2,11,12,18)/t6-/m1/s1. The summed E-state index contributed by atoms with van der Waals surface area (Å²) in [5.41, 5.74) is 0. The zero-order valence-corrected chi connectivity index (χ0v) is 10.3. The van der Waals surface area contributed by atoms with Crippen molar-refractivity contribution in [2.45, 2.75) is 25.3 Å². The quantitative estimate of drug-likeness (QED) is 0.423. The van der Waals surface area contributed by atoms with Gasteiger partial charge in [0.15, 0.2) is 0 Å². The maximum atomic E-state index is 11.3. The number of carbonyl (C=O) groups is 4. The summed E-state index contributed by atoms with van der Waals surface area (Å²) in [5, 5.41) is 21.5. The van der Waals surface area contributed by atoms with Crippen molar-refractivity contribution in [2.24, 2.45) is 0 Å². The van der Waals surface area contributed by atoms with Crippen molar-refractivity contribution in [2.75, 3.05) is 13.7 Å². The molecule has 2 amide bonds. The van der Waals surface area contributed by atoms with Crippen LogP contribution in [0.3, 0.4) is 0 Å². The highest BCUT2D eigenvalue weighted by Gasteiger charge is 2.20. The van der Waals surface area contributed by atoms with Gasteiger partial charge < -0.3 is 25.6 Å². The molecular formula is C10H16N2O7. The van der Waals surface area contributed by atoms with Crippen LogP contribution in [0.15, 0.2) is 0 Å². The van der Waals surface area contributed by atoms with E-state index in [4.69, 9.17) is 10.2 Å². The van der Waals surface area contributed by atoms with E-state index in [0.29, 0.717) is 0 Å². The van der Waals surface area contributed by atoms with Gasteiger partial charge in [0.05, 0.1) is 7.11 Å². The predicted molar refractivity (Wildman–Crippen MR) is 61.5 cm³/mol. The normalized spacial score (nSPS) is 11.2. The molecule has 0 fully saturated rings. The minimum atomic E-state index is -1.28. The molecule has 0 aliphatic heterocycles. The van der Waals surface area contributed by atoms with Crippen LogP contribution >= 0.6 is 0 Å². The number of methoxy groups -OCH3 is 1. The van der Waals surface area contributed by atoms with E-state index >= 15 is 0 Å². The third kappa shape index (κ3) is 8.41. The first-order valence-electron chi connectivity index (χ1n) is 5.42. The van der Waals surface area contributed by atoms with Gasteiger partial charge >= 0.3 is 23.9 Å². The number of esters is 1. The van der Waals surface area contributed by atoms with Gasteiger partial charge in [-0.05, 0) is 12.8 Å². The van der Waals surface area contributed by atoms with E-state index in [1.54, 1.807) is 0 Å². The number of carbonyl (C=O) groups excluding carboxylic acids is 2. The first-order valence-corrected chi connectivity index (χ1v) is 5.42. The summed E-state index contributed by atoms with van der Waals surface area (Å²) in [5.74, 6) is -2.99. The number of rotatable bonds is 8. The van der Waals surface area contributed by atoms with Crippen molar-refractivity contribution < 1.29 is 34.1 Å². The van der Waals surface area contributed by atoms with Crippen LogP contribution in [0.4, 0.5) is 4.79 Å². The molecule has 4 N–H and O–H groups in total. The number of nitrogens with one attached hydrogen (secondary N) is 2. The van der Waals surface area contributed by atoms with Crippen molar-refractivity contribution in [1.82, 2.24) is 10.6 Å². The van der Waals surface area contributed by atoms with E-state index in [-0.39, 0.29) is 25.8 Å². The van der Waals surface area contributed by atoms with Gasteiger partial charge in [0, 0.05) is 6.42 Å². The number of hydrogen-bond donors (Lipinski definition) is 4. The SMILES string of the molecule is COC(=O)CNC(=O)N[C@H](CCCC(=O)O)C(=O)O. The Bertz CT molecular complexity index is 356. The molecule has 0 aromatic rings. The van der Waals surface area contributed by atoms with Gasteiger partial charge in [-0.25, -0.2) is 9.59 Å². The molecule has 0 bridgehead atoms. The first kappa shape index (κ1) is 16.7. The van der Waals surface area contributed by atoms with E-state index in [9.17, 15) is 19.2 Å². The van der Waals surface area contributed by atoms with Crippen LogP contribution in [-0.4, -0.2) is 53.8 Å². The van der Waals surface area contributed by atoms with Crippen LogP contribution < -0.4 is 10.6 Å². The summed E-state index contributed by atoms with van der Waals surface area (Å²) < 4.78 is 4.28. The first-order chi connectivity index (χ1) is 8.86. The molecule has 19 heavy (non-hydrogen) atoms. The molecule has 0 rings (SSSR count). The Balaban J connectivity index is 4.11. The van der Waals surface area contributed by atoms with Crippen molar-refractivity contribution in [3.05, 3.63) is 0 Å². The third-order valence-corrected chi connectivity index (χ3v) is 2.11. The van der Waals surface area contributed by atoms with Crippen LogP contribution in [0.25, 0.3) is 0 Å². The summed E-state index contributed by atoms with van der Waals surface area (Å²) in [6.07, 6.45) is -0.0912. The minimum absolute atomic E-state index is 0.0206. The Morgan fingerprint density at radius 1 is 1.21 bits per heavy atom. The second-order valence-electron chi connectivity index (χ2n) is 3.58. The number of urea groups is 1. The third-order valence-electron chi connectivity index (χ3n) is 2.11. The molecular weight excluding hydrogens is 260 g/mol. The van der Waals surface area contributed by atoms with E-state index in [1.807, 2.05) is 0 Å². The maximum absolute atomic E-state index is 11.3. The maximum Gasteiger partial charge on any atom is 0.326 e. The van der Waals surface area contributed by atoms with Gasteiger partial charge in [-0.1, -0.05) is 0 Å². The fourth-order valence-electron chi connectivity index (χ4n) is 1.15. The van der Waals surface area contributed by atoms with Gasteiger partial charge in [-0.2, -0.15) is 0 Å². The van der Waals surface area contributed by atoms with Crippen LogP contribution in [-0.2, 0) is 19.1 Å². The van der Waals surface area contributed by atoms with Gasteiger partial charge in [-0.15, -0.1) is 0 Å². The summed E-state index contributed by atoms with van der Waals surface area (Å²) in [6, 6.07) is -2.05. The molecule has 0 aliphatic carbocycles. The Kier molecular flexibility index (Phi) is 7.66. The van der Waals surface area contributed by atoms with Crippen LogP contribution in [0, 0.1) is 0 Å². The fraction of sp³-hybridized carbons (Fsp3) is 0.600. The molecule has 9 heteroatoms. The Labute approximate surface area is 108 Å². The Morgan fingerprint density at radius 3 is 2.32 bits per heavy atom. The van der Waals surface area contributed by atoms with Crippen LogP contribution in [0.2, 0.25) is 0 Å². The molecule has 108 valence electrons. The topological polar surface area (TPSA) is 142 Å². The highest BCUT2D eigenvalue weighted by molar-refractivity contribution is 5.85. The van der Waals surface area contributed by atoms with Gasteiger partial charge in [0.2, 0.25) is 0 Å². The van der Waals surface area contributed by atoms with Crippen molar-refractivity contribution in [3.63, 3.8) is 0 Å². The lowest BCUT2D eigenvalue weighted by Gasteiger charge is -2.14. The van der Waals surface area contributed by atoms with Crippen molar-refractivity contribution in [1.29, 1.82) is 0 Å². The highest BCUT2D eigenvalue weighted by atomic mass is 16.5. The number of carboxylic acids is 2. The highest BCUT2D eigenvalue weighted by Crippen LogP contribution is 2.01. The van der Waals surface area contributed by atoms with Crippen LogP contribution in [0.1, 0.15) is 19.3 Å². The van der Waals surface area contributed by atoms with Crippen molar-refractivity contribution in [3.8, 4) is 0 Å². The summed E-state index contributed by atoms with van der Waals surface area (Å²) in [4.78, 5) is 43.1. The summed E-state index contributed by atoms with van der Waals surface area (Å²) >= 11 is 0. The Hall–Kier alpha value is -2.32. The van der Waals surface area contributed by atoms with E-state index in [0.717, 1.165) is 7.11 Å². The molecule has 0 unspecified atom stereocenters. The zero-order chi connectivity index (χ0) is 14.8. The fourth-order valence-corrected chi connectivity index (χ4v) is 1.15. The molecule has 0 aliphatic rings. The van der Waals surface area contributed by atoms with Gasteiger partial charge in [-0.3, -0.25) is 9.59 Å². The van der Waals surface area contributed by atoms with Gasteiger partial charge in [0.1, 0.15) is 12.6 Å². The summed E-state index contributed by atoms with van der Waals surface area (Å²) in [6.45, 7) is -0.385. The lowest BCUT2D eigenvalue weighted by Crippen LogP contribution is -2.47. The van der Waals surface area contributed by atoms with E-state index < -0.39 is 30.0 Å². The molecule has 1 atom stereocenters. The smallest absolute Gasteiger partial charge is 0.326 e. The molecule has 0 saturated heterocycles. The summed E-state index contributed by atoms with van der Waals surface area (Å²) in [7, 11) is 1.15. The second-order valence-corrected chi connectivity index (χ2v) is 3.58. The van der Waals surface area contributed by atoms with E-state index in [2.05, 4.69) is 15.4 Å². The molecule has 9 nitrogen and oxygen atoms in total. The molecule has 0 aromatic carbocycles. The molecule has 0 heterocycles. The minimum Gasteiger partial charge on any atom is -0.481 e. The number of ether oxygens (including phenoxy) is 1. The molecule has 0 radical (unpaired) electrons. The zero-order valence-electron chi connectivity index (χ0n) is 10.3. The molecule has 0 spiro atoms. The molecule has 0 aromatic heterocycles. The largest absolute Gasteiger partial charge is 0.481 e. The molecule has 0 saturated carbocycles. The lowest BCUT2D eigenvalue weighted by atomic mass is 10.1. The average molecular weight is 276 g/mol. The number of hydrogen-bond acceptors (Lipinski definition) is 5. The number of aliphatic carboxylic acids is 2. The van der Waals surface area contributed by atoms with Gasteiger partial charge in [0.25, 0.3) is 0 Å². The average Bonchev–Trinajstić information content (AvgIpc) is 2.34. The van der Waals surface area contributed by atoms with Crippen LogP contribution in [0.5, 0.6) is 0 Å². The monoisotopic (exact) mass is 276 g/mol. The van der Waals surface area contributed by atoms with Crippen molar-refractivity contribution >= 4 is 23.9 Å². The lowest BCUT2D eigenvalue weighted by molar-refractivity contribution is -0.140. The second kappa shape index (κ2) is 8.72. The van der Waals surface area contributed by atoms with E-state index in [1.165, 1.54) is 0 Å². The number of amides is 2. The Morgan fingerprint density at radius 2 is 1.84 bits per heavy atom. The number of carboxylic acid groups (broad SMARTS) is 2. The predicted octanol–water partition coefficient (Wildman–Crippen LogP) is -0.833.